The maximum absolute atomic E-state index is 11.5. The molecule has 0 bridgehead atoms. The molecule has 0 heterocycles. The van der Waals surface area contributed by atoms with Gasteiger partial charge in [-0.15, -0.1) is 0 Å². The molecule has 0 fully saturated rings. The van der Waals surface area contributed by atoms with E-state index in [0.29, 0.717) is 19.3 Å². The Morgan fingerprint density at radius 3 is 2.77 bits per heavy atom. The molecular formula is C11H17NO. The Hall–Kier alpha value is -1.10. The first-order chi connectivity index (χ1) is 6.26. The smallest absolute Gasteiger partial charge is 0.139 e. The SMILES string of the molecule is CC=CCC(=O)C(CC)CCC#N. The van der Waals surface area contributed by atoms with Crippen molar-refractivity contribution in [3.63, 3.8) is 0 Å². The summed E-state index contributed by atoms with van der Waals surface area (Å²) in [6.45, 7) is 3.90. The van der Waals surface area contributed by atoms with Crippen molar-refractivity contribution in [3.8, 4) is 6.07 Å². The Kier molecular flexibility index (Phi) is 6.91. The molecule has 0 rings (SSSR count). The van der Waals surface area contributed by atoms with Crippen LogP contribution in [0.2, 0.25) is 0 Å². The van der Waals surface area contributed by atoms with Crippen molar-refractivity contribution >= 4 is 5.78 Å². The molecule has 0 aromatic carbocycles. The van der Waals surface area contributed by atoms with E-state index in [9.17, 15) is 4.79 Å². The number of rotatable bonds is 6. The van der Waals surface area contributed by atoms with Gasteiger partial charge in [0.2, 0.25) is 0 Å². The summed E-state index contributed by atoms with van der Waals surface area (Å²) in [5.41, 5.74) is 0. The van der Waals surface area contributed by atoms with Gasteiger partial charge in [-0.3, -0.25) is 4.79 Å². The van der Waals surface area contributed by atoms with Crippen molar-refractivity contribution in [1.82, 2.24) is 0 Å². The predicted octanol–water partition coefficient (Wildman–Crippen LogP) is 2.85. The molecule has 1 unspecified atom stereocenters. The van der Waals surface area contributed by atoms with E-state index in [1.807, 2.05) is 26.0 Å². The van der Waals surface area contributed by atoms with Gasteiger partial charge >= 0.3 is 0 Å². The number of nitriles is 1. The lowest BCUT2D eigenvalue weighted by Gasteiger charge is -2.09. The van der Waals surface area contributed by atoms with Crippen LogP contribution < -0.4 is 0 Å². The number of hydrogen-bond donors (Lipinski definition) is 0. The minimum atomic E-state index is 0.0795. The third kappa shape index (κ3) is 5.19. The minimum Gasteiger partial charge on any atom is -0.299 e. The van der Waals surface area contributed by atoms with Crippen LogP contribution in [0.3, 0.4) is 0 Å². The monoisotopic (exact) mass is 179 g/mol. The maximum Gasteiger partial charge on any atom is 0.139 e. The number of Topliss-reactive ketones (excluding diaryl/α,β-unsaturated/α-hetero) is 1. The van der Waals surface area contributed by atoms with E-state index in [1.165, 1.54) is 0 Å². The van der Waals surface area contributed by atoms with E-state index in [2.05, 4.69) is 6.07 Å². The van der Waals surface area contributed by atoms with Crippen LogP contribution in [0.25, 0.3) is 0 Å². The molecule has 0 aromatic heterocycles. The first kappa shape index (κ1) is 11.9. The summed E-state index contributed by atoms with van der Waals surface area (Å²) in [6.07, 6.45) is 6.31. The molecule has 0 saturated heterocycles. The van der Waals surface area contributed by atoms with Gasteiger partial charge in [-0.05, 0) is 19.8 Å². The lowest BCUT2D eigenvalue weighted by atomic mass is 9.94. The van der Waals surface area contributed by atoms with Gasteiger partial charge in [-0.25, -0.2) is 0 Å². The molecule has 1 atom stereocenters. The molecular weight excluding hydrogens is 162 g/mol. The van der Waals surface area contributed by atoms with E-state index in [1.54, 1.807) is 0 Å². The number of allylic oxidation sites excluding steroid dienone is 2. The number of hydrogen-bond acceptors (Lipinski definition) is 2. The zero-order chi connectivity index (χ0) is 10.1. The van der Waals surface area contributed by atoms with E-state index in [-0.39, 0.29) is 11.7 Å². The molecule has 0 amide bonds. The maximum atomic E-state index is 11.5. The third-order valence-corrected chi connectivity index (χ3v) is 2.11. The fourth-order valence-electron chi connectivity index (χ4n) is 1.23. The predicted molar refractivity (Wildman–Crippen MR) is 53.1 cm³/mol. The molecule has 0 N–H and O–H groups in total. The summed E-state index contributed by atoms with van der Waals surface area (Å²) in [4.78, 5) is 11.5. The number of carbonyl (C=O) groups excluding carboxylic acids is 1. The average Bonchev–Trinajstić information content (AvgIpc) is 2.16. The van der Waals surface area contributed by atoms with Crippen LogP contribution in [0.5, 0.6) is 0 Å². The first-order valence-electron chi connectivity index (χ1n) is 4.77. The van der Waals surface area contributed by atoms with Crippen molar-refractivity contribution < 1.29 is 4.79 Å². The third-order valence-electron chi connectivity index (χ3n) is 2.11. The molecule has 2 nitrogen and oxygen atoms in total. The van der Waals surface area contributed by atoms with Crippen LogP contribution in [0.1, 0.15) is 39.5 Å². The highest BCUT2D eigenvalue weighted by Crippen LogP contribution is 2.13. The van der Waals surface area contributed by atoms with E-state index >= 15 is 0 Å². The van der Waals surface area contributed by atoms with Crippen LogP contribution in [-0.4, -0.2) is 5.78 Å². The van der Waals surface area contributed by atoms with Crippen LogP contribution in [0, 0.1) is 17.2 Å². The van der Waals surface area contributed by atoms with Crippen molar-refractivity contribution in [3.05, 3.63) is 12.2 Å². The zero-order valence-electron chi connectivity index (χ0n) is 8.42. The standard InChI is InChI=1S/C11H17NO/c1-3-5-8-11(13)10(4-2)7-6-9-12/h3,5,10H,4,6-8H2,1-2H3. The topological polar surface area (TPSA) is 40.9 Å². The number of nitrogens with zero attached hydrogens (tertiary/aromatic N) is 1. The molecule has 0 aliphatic rings. The largest absolute Gasteiger partial charge is 0.299 e. The van der Waals surface area contributed by atoms with Gasteiger partial charge in [0.15, 0.2) is 0 Å². The second kappa shape index (κ2) is 7.54. The summed E-state index contributed by atoms with van der Waals surface area (Å²) in [6, 6.07) is 2.07. The summed E-state index contributed by atoms with van der Waals surface area (Å²) in [7, 11) is 0. The molecule has 0 spiro atoms. The highest BCUT2D eigenvalue weighted by molar-refractivity contribution is 5.82. The summed E-state index contributed by atoms with van der Waals surface area (Å²) in [5, 5.41) is 8.39. The molecule has 13 heavy (non-hydrogen) atoms. The van der Waals surface area contributed by atoms with Crippen molar-refractivity contribution in [2.24, 2.45) is 5.92 Å². The minimum absolute atomic E-state index is 0.0795. The van der Waals surface area contributed by atoms with E-state index in [0.717, 1.165) is 6.42 Å². The Balaban J connectivity index is 3.93. The fourth-order valence-corrected chi connectivity index (χ4v) is 1.23. The van der Waals surface area contributed by atoms with Crippen LogP contribution in [-0.2, 0) is 4.79 Å². The number of ketones is 1. The zero-order valence-corrected chi connectivity index (χ0v) is 8.42. The molecule has 0 aliphatic heterocycles. The van der Waals surface area contributed by atoms with Crippen molar-refractivity contribution in [2.75, 3.05) is 0 Å². The fraction of sp³-hybridized carbons (Fsp3) is 0.636. The Morgan fingerprint density at radius 1 is 1.62 bits per heavy atom. The number of carbonyl (C=O) groups is 1. The lowest BCUT2D eigenvalue weighted by molar-refractivity contribution is -0.122. The van der Waals surface area contributed by atoms with Crippen LogP contribution in [0.4, 0.5) is 0 Å². The molecule has 0 aliphatic carbocycles. The average molecular weight is 179 g/mol. The quantitative estimate of drug-likeness (QED) is 0.588. The molecule has 2 heteroatoms. The van der Waals surface area contributed by atoms with Gasteiger partial charge in [-0.1, -0.05) is 19.1 Å². The van der Waals surface area contributed by atoms with Gasteiger partial charge in [0, 0.05) is 18.8 Å². The van der Waals surface area contributed by atoms with Crippen molar-refractivity contribution in [1.29, 1.82) is 5.26 Å². The first-order valence-corrected chi connectivity index (χ1v) is 4.77. The summed E-state index contributed by atoms with van der Waals surface area (Å²) >= 11 is 0. The molecule has 0 aromatic rings. The molecule has 72 valence electrons. The Labute approximate surface area is 80.3 Å². The van der Waals surface area contributed by atoms with E-state index < -0.39 is 0 Å². The Morgan fingerprint density at radius 2 is 2.31 bits per heavy atom. The molecule has 0 radical (unpaired) electrons. The second-order valence-corrected chi connectivity index (χ2v) is 3.04. The van der Waals surface area contributed by atoms with Gasteiger partial charge in [0.05, 0.1) is 6.07 Å². The van der Waals surface area contributed by atoms with Gasteiger partial charge < -0.3 is 0 Å². The summed E-state index contributed by atoms with van der Waals surface area (Å²) in [5.74, 6) is 0.340. The lowest BCUT2D eigenvalue weighted by Crippen LogP contribution is -2.12. The Bertz CT molecular complexity index is 213. The van der Waals surface area contributed by atoms with Gasteiger partial charge in [-0.2, -0.15) is 5.26 Å². The summed E-state index contributed by atoms with van der Waals surface area (Å²) < 4.78 is 0. The van der Waals surface area contributed by atoms with Gasteiger partial charge in [0.1, 0.15) is 5.78 Å². The highest BCUT2D eigenvalue weighted by atomic mass is 16.1. The normalized spacial score (nSPS) is 12.7. The van der Waals surface area contributed by atoms with E-state index in [4.69, 9.17) is 5.26 Å². The van der Waals surface area contributed by atoms with Crippen LogP contribution >= 0.6 is 0 Å². The van der Waals surface area contributed by atoms with Crippen LogP contribution in [0.15, 0.2) is 12.2 Å². The highest BCUT2D eigenvalue weighted by Gasteiger charge is 2.13. The van der Waals surface area contributed by atoms with Crippen molar-refractivity contribution in [2.45, 2.75) is 39.5 Å². The second-order valence-electron chi connectivity index (χ2n) is 3.04. The molecule has 0 saturated carbocycles. The van der Waals surface area contributed by atoms with Gasteiger partial charge in [0.25, 0.3) is 0 Å².